The molecule has 0 spiro atoms. The van der Waals surface area contributed by atoms with Gasteiger partial charge in [0, 0.05) is 30.9 Å². The molecule has 0 aliphatic carbocycles. The van der Waals surface area contributed by atoms with Gasteiger partial charge in [-0.2, -0.15) is 4.98 Å². The third-order valence-electron chi connectivity index (χ3n) is 5.62. The molecule has 1 N–H and O–H groups in total. The Morgan fingerprint density at radius 3 is 2.94 bits per heavy atom. The fourth-order valence-corrected chi connectivity index (χ4v) is 3.75. The number of carbonyl (C=O) groups excluding carboxylic acids is 2. The Kier molecular flexibility index (Phi) is 5.35. The molecule has 0 unspecified atom stereocenters. The van der Waals surface area contributed by atoms with E-state index in [-0.39, 0.29) is 11.8 Å². The van der Waals surface area contributed by atoms with E-state index in [4.69, 9.17) is 9.26 Å². The number of benzene rings is 1. The smallest absolute Gasteiger partial charge is 0.274 e. The number of aryl methyl sites for hydroxylation is 1. The second kappa shape index (κ2) is 8.47. The molecular weight excluding hydrogens is 424 g/mol. The molecule has 4 aromatic rings. The number of pyridine rings is 1. The molecule has 4 heterocycles. The summed E-state index contributed by atoms with van der Waals surface area (Å²) in [4.78, 5) is 35.0. The van der Waals surface area contributed by atoms with Gasteiger partial charge in [0.25, 0.3) is 11.8 Å². The summed E-state index contributed by atoms with van der Waals surface area (Å²) in [6, 6.07) is 11.1. The Balaban J connectivity index is 1.37. The van der Waals surface area contributed by atoms with Gasteiger partial charge in [-0.05, 0) is 30.7 Å². The molecule has 2 amide bonds. The lowest BCUT2D eigenvalue weighted by atomic mass is 10.1. The number of anilines is 1. The topological polar surface area (TPSA) is 115 Å². The lowest BCUT2D eigenvalue weighted by Crippen LogP contribution is -2.41. The van der Waals surface area contributed by atoms with Crippen molar-refractivity contribution in [3.63, 3.8) is 0 Å². The van der Waals surface area contributed by atoms with E-state index in [1.165, 1.54) is 6.92 Å². The Bertz CT molecular complexity index is 1340. The second-order valence-electron chi connectivity index (χ2n) is 7.84. The van der Waals surface area contributed by atoms with E-state index in [2.05, 4.69) is 20.4 Å². The highest BCUT2D eigenvalue weighted by Gasteiger charge is 2.28. The van der Waals surface area contributed by atoms with Crippen molar-refractivity contribution in [1.82, 2.24) is 24.4 Å². The van der Waals surface area contributed by atoms with Crippen molar-refractivity contribution in [3.05, 3.63) is 65.9 Å². The number of hydrogen-bond donors (Lipinski definition) is 1. The summed E-state index contributed by atoms with van der Waals surface area (Å²) in [7, 11) is 0. The van der Waals surface area contributed by atoms with Crippen LogP contribution in [0.4, 0.5) is 5.69 Å². The molecule has 1 aliphatic heterocycles. The second-order valence-corrected chi connectivity index (χ2v) is 7.84. The molecule has 10 heteroatoms. The number of carbonyl (C=O) groups is 2. The molecule has 0 radical (unpaired) electrons. The fraction of sp³-hybridized carbons (Fsp3) is 0.261. The predicted molar refractivity (Wildman–Crippen MR) is 119 cm³/mol. The summed E-state index contributed by atoms with van der Waals surface area (Å²) in [5, 5.41) is 7.02. The van der Waals surface area contributed by atoms with Gasteiger partial charge in [0.15, 0.2) is 6.10 Å². The van der Waals surface area contributed by atoms with Crippen molar-refractivity contribution in [2.45, 2.75) is 20.0 Å². The van der Waals surface area contributed by atoms with E-state index in [0.717, 1.165) is 5.56 Å². The average molecular weight is 446 g/mol. The van der Waals surface area contributed by atoms with E-state index >= 15 is 0 Å². The first-order valence-corrected chi connectivity index (χ1v) is 10.5. The third-order valence-corrected chi connectivity index (χ3v) is 5.62. The maximum Gasteiger partial charge on any atom is 0.274 e. The van der Waals surface area contributed by atoms with Crippen molar-refractivity contribution in [2.75, 3.05) is 25.0 Å². The van der Waals surface area contributed by atoms with Gasteiger partial charge in [-0.3, -0.25) is 14.0 Å². The third kappa shape index (κ3) is 4.08. The zero-order valence-electron chi connectivity index (χ0n) is 18.2. The number of imidazole rings is 1. The van der Waals surface area contributed by atoms with Crippen LogP contribution in [0.1, 0.15) is 35.0 Å². The highest BCUT2D eigenvalue weighted by Crippen LogP contribution is 2.27. The molecule has 1 atom stereocenters. The largest absolute Gasteiger partial charge is 0.365 e. The van der Waals surface area contributed by atoms with Crippen LogP contribution in [0.25, 0.3) is 17.0 Å². The van der Waals surface area contributed by atoms with Gasteiger partial charge < -0.3 is 19.5 Å². The first-order valence-electron chi connectivity index (χ1n) is 10.5. The van der Waals surface area contributed by atoms with Crippen LogP contribution < -0.4 is 5.32 Å². The van der Waals surface area contributed by atoms with E-state index in [1.807, 2.05) is 37.3 Å². The highest BCUT2D eigenvalue weighted by atomic mass is 16.5. The molecule has 33 heavy (non-hydrogen) atoms. The first kappa shape index (κ1) is 20.8. The highest BCUT2D eigenvalue weighted by molar-refractivity contribution is 6.04. The fourth-order valence-electron chi connectivity index (χ4n) is 3.75. The van der Waals surface area contributed by atoms with Crippen LogP contribution >= 0.6 is 0 Å². The standard InChI is InChI=1S/C23H22N6O4/c1-14-6-7-16(21-26-23(33-27-21)19-13-28(15(2)30)9-10-32-19)11-17(14)25-22(31)18-12-24-20-5-3-4-8-29(18)20/h3-8,11-12,19H,9-10,13H2,1-2H3,(H,25,31)/t19-/m1/s1. The van der Waals surface area contributed by atoms with Crippen LogP contribution in [0.5, 0.6) is 0 Å². The van der Waals surface area contributed by atoms with Crippen LogP contribution in [0, 0.1) is 6.92 Å². The summed E-state index contributed by atoms with van der Waals surface area (Å²) in [6.07, 6.45) is 2.87. The van der Waals surface area contributed by atoms with E-state index < -0.39 is 6.10 Å². The van der Waals surface area contributed by atoms with E-state index in [1.54, 1.807) is 27.8 Å². The van der Waals surface area contributed by atoms with Gasteiger partial charge in [-0.1, -0.05) is 23.4 Å². The number of ether oxygens (including phenoxy) is 1. The molecule has 3 aromatic heterocycles. The van der Waals surface area contributed by atoms with Crippen LogP contribution in [0.3, 0.4) is 0 Å². The number of amides is 2. The first-order chi connectivity index (χ1) is 16.0. The van der Waals surface area contributed by atoms with Gasteiger partial charge in [0.05, 0.1) is 19.3 Å². The number of nitrogens with one attached hydrogen (secondary N) is 1. The Morgan fingerprint density at radius 1 is 1.21 bits per heavy atom. The van der Waals surface area contributed by atoms with Gasteiger partial charge in [-0.15, -0.1) is 0 Å². The van der Waals surface area contributed by atoms with Crippen molar-refractivity contribution in [2.24, 2.45) is 0 Å². The quantitative estimate of drug-likeness (QED) is 0.513. The summed E-state index contributed by atoms with van der Waals surface area (Å²) in [6.45, 7) is 4.75. The van der Waals surface area contributed by atoms with Crippen LogP contribution in [-0.2, 0) is 9.53 Å². The van der Waals surface area contributed by atoms with Crippen molar-refractivity contribution in [1.29, 1.82) is 0 Å². The Labute approximate surface area is 189 Å². The number of hydrogen-bond acceptors (Lipinski definition) is 7. The minimum atomic E-state index is -0.469. The van der Waals surface area contributed by atoms with Gasteiger partial charge in [0.2, 0.25) is 11.7 Å². The zero-order chi connectivity index (χ0) is 22.9. The van der Waals surface area contributed by atoms with Crippen molar-refractivity contribution < 1.29 is 18.8 Å². The summed E-state index contributed by atoms with van der Waals surface area (Å²) < 4.78 is 12.9. The molecule has 168 valence electrons. The monoisotopic (exact) mass is 446 g/mol. The van der Waals surface area contributed by atoms with E-state index in [0.29, 0.717) is 54.0 Å². The van der Waals surface area contributed by atoms with Crippen LogP contribution in [0.15, 0.2) is 53.3 Å². The summed E-state index contributed by atoms with van der Waals surface area (Å²) in [5.74, 6) is 0.391. The van der Waals surface area contributed by atoms with Crippen LogP contribution in [-0.4, -0.2) is 55.9 Å². The lowest BCUT2D eigenvalue weighted by Gasteiger charge is -2.30. The molecule has 1 aliphatic rings. The van der Waals surface area contributed by atoms with Crippen LogP contribution in [0.2, 0.25) is 0 Å². The maximum atomic E-state index is 12.9. The predicted octanol–water partition coefficient (Wildman–Crippen LogP) is 2.86. The normalized spacial score (nSPS) is 16.2. The molecule has 0 saturated carbocycles. The summed E-state index contributed by atoms with van der Waals surface area (Å²) in [5.41, 5.74) is 3.33. The number of fused-ring (bicyclic) bond motifs is 1. The van der Waals surface area contributed by atoms with Crippen molar-refractivity contribution >= 4 is 23.1 Å². The maximum absolute atomic E-state index is 12.9. The molecule has 5 rings (SSSR count). The molecule has 10 nitrogen and oxygen atoms in total. The average Bonchev–Trinajstić information content (AvgIpc) is 3.48. The van der Waals surface area contributed by atoms with Crippen molar-refractivity contribution in [3.8, 4) is 11.4 Å². The number of morpholine rings is 1. The lowest BCUT2D eigenvalue weighted by molar-refractivity contribution is -0.137. The molecule has 1 fully saturated rings. The Morgan fingerprint density at radius 2 is 2.09 bits per heavy atom. The SMILES string of the molecule is CC(=O)N1CCO[C@@H](c2nc(-c3ccc(C)c(NC(=O)c4cnc5ccccn45)c3)no2)C1. The van der Waals surface area contributed by atoms with Gasteiger partial charge in [-0.25, -0.2) is 4.98 Å². The van der Waals surface area contributed by atoms with E-state index in [9.17, 15) is 9.59 Å². The molecule has 0 bridgehead atoms. The molecule has 1 saturated heterocycles. The van der Waals surface area contributed by atoms with Gasteiger partial charge in [0.1, 0.15) is 11.3 Å². The number of rotatable bonds is 4. The van der Waals surface area contributed by atoms with Gasteiger partial charge >= 0.3 is 0 Å². The zero-order valence-corrected chi connectivity index (χ0v) is 18.2. The molecular formula is C23H22N6O4. The summed E-state index contributed by atoms with van der Waals surface area (Å²) >= 11 is 0. The molecule has 1 aromatic carbocycles. The minimum absolute atomic E-state index is 0.0204. The number of nitrogens with zero attached hydrogens (tertiary/aromatic N) is 5. The minimum Gasteiger partial charge on any atom is -0.365 e. The number of aromatic nitrogens is 4. The Hall–Kier alpha value is -4.05.